The molecule has 2 nitrogen and oxygen atoms in total. The minimum atomic E-state index is 0.331. The Balaban J connectivity index is 2.76. The molecule has 4 heteroatoms. The van der Waals surface area contributed by atoms with Crippen LogP contribution in [0.4, 0.5) is 0 Å². The van der Waals surface area contributed by atoms with Gasteiger partial charge in [-0.05, 0) is 38.1 Å². The molecule has 0 spiro atoms. The highest BCUT2D eigenvalue weighted by Crippen LogP contribution is 2.30. The lowest BCUT2D eigenvalue weighted by molar-refractivity contribution is 0.205. The zero-order valence-electron chi connectivity index (χ0n) is 10.1. The fraction of sp³-hybridized carbons (Fsp3) is 0.667. The fourth-order valence-corrected chi connectivity index (χ4v) is 3.16. The molecule has 0 aliphatic rings. The van der Waals surface area contributed by atoms with E-state index in [1.165, 1.54) is 4.88 Å². The molecule has 0 fully saturated rings. The smallest absolute Gasteiger partial charge is 0.0931 e. The minimum Gasteiger partial charge on any atom is -0.329 e. The zero-order valence-corrected chi connectivity index (χ0v) is 11.7. The number of nitrogens with zero attached hydrogens (tertiary/aromatic N) is 1. The topological polar surface area (TPSA) is 29.3 Å². The van der Waals surface area contributed by atoms with Gasteiger partial charge in [0.15, 0.2) is 0 Å². The van der Waals surface area contributed by atoms with Crippen molar-refractivity contribution in [3.8, 4) is 0 Å². The number of hydrogen-bond acceptors (Lipinski definition) is 3. The van der Waals surface area contributed by atoms with Gasteiger partial charge in [-0.15, -0.1) is 11.3 Å². The van der Waals surface area contributed by atoms with Crippen LogP contribution in [0.2, 0.25) is 4.34 Å². The van der Waals surface area contributed by atoms with Crippen LogP contribution in [0.15, 0.2) is 12.1 Å². The number of halogens is 1. The van der Waals surface area contributed by atoms with Gasteiger partial charge >= 0.3 is 0 Å². The largest absolute Gasteiger partial charge is 0.329 e. The van der Waals surface area contributed by atoms with E-state index in [0.717, 1.165) is 30.3 Å². The maximum Gasteiger partial charge on any atom is 0.0931 e. The Hall–Kier alpha value is -0.0900. The third kappa shape index (κ3) is 3.74. The predicted molar refractivity (Wildman–Crippen MR) is 73.3 cm³/mol. The third-order valence-electron chi connectivity index (χ3n) is 2.61. The van der Waals surface area contributed by atoms with E-state index < -0.39 is 0 Å². The highest BCUT2D eigenvalue weighted by molar-refractivity contribution is 7.16. The van der Waals surface area contributed by atoms with Gasteiger partial charge in [0, 0.05) is 11.4 Å². The summed E-state index contributed by atoms with van der Waals surface area (Å²) in [5.41, 5.74) is 5.90. The molecule has 1 rings (SSSR count). The van der Waals surface area contributed by atoms with Crippen LogP contribution < -0.4 is 5.73 Å². The molecule has 0 aliphatic carbocycles. The van der Waals surface area contributed by atoms with Gasteiger partial charge in [0.25, 0.3) is 0 Å². The molecule has 1 aromatic heterocycles. The van der Waals surface area contributed by atoms with Crippen LogP contribution in [0.3, 0.4) is 0 Å². The van der Waals surface area contributed by atoms with E-state index in [0.29, 0.717) is 12.6 Å². The molecule has 0 aromatic carbocycles. The molecule has 0 amide bonds. The molecule has 2 N–H and O–H groups in total. The number of rotatable bonds is 7. The Labute approximate surface area is 107 Å². The summed E-state index contributed by atoms with van der Waals surface area (Å²) in [5, 5.41) is 0. The molecule has 1 aromatic rings. The van der Waals surface area contributed by atoms with E-state index in [-0.39, 0.29) is 0 Å². The quantitative estimate of drug-likeness (QED) is 0.813. The van der Waals surface area contributed by atoms with Gasteiger partial charge in [-0.2, -0.15) is 0 Å². The summed E-state index contributed by atoms with van der Waals surface area (Å²) < 4.78 is 0.849. The first kappa shape index (κ1) is 14.0. The molecular formula is C12H21ClN2S. The first-order valence-electron chi connectivity index (χ1n) is 5.92. The Morgan fingerprint density at radius 2 is 1.94 bits per heavy atom. The summed E-state index contributed by atoms with van der Waals surface area (Å²) in [4.78, 5) is 3.75. The molecule has 16 heavy (non-hydrogen) atoms. The zero-order chi connectivity index (χ0) is 12.0. The average Bonchev–Trinajstić information content (AvgIpc) is 2.67. The number of nitrogens with two attached hydrogens (primary N) is 1. The van der Waals surface area contributed by atoms with Crippen molar-refractivity contribution in [1.29, 1.82) is 0 Å². The maximum atomic E-state index is 5.98. The molecule has 0 saturated heterocycles. The van der Waals surface area contributed by atoms with Crippen molar-refractivity contribution in [2.75, 3.05) is 19.6 Å². The van der Waals surface area contributed by atoms with E-state index >= 15 is 0 Å². The SMILES string of the molecule is CCCN(CCC)C(CN)c1ccc(Cl)s1. The van der Waals surface area contributed by atoms with Crippen molar-refractivity contribution in [2.45, 2.75) is 32.7 Å². The Kier molecular flexibility index (Phi) is 6.36. The van der Waals surface area contributed by atoms with Gasteiger partial charge in [0.1, 0.15) is 0 Å². The minimum absolute atomic E-state index is 0.331. The summed E-state index contributed by atoms with van der Waals surface area (Å²) >= 11 is 7.62. The van der Waals surface area contributed by atoms with Crippen molar-refractivity contribution in [2.24, 2.45) is 5.73 Å². The standard InChI is InChI=1S/C12H21ClN2S/c1-3-7-15(8-4-2)10(9-14)11-5-6-12(13)16-11/h5-6,10H,3-4,7-9,14H2,1-2H3. The number of thiophene rings is 1. The van der Waals surface area contributed by atoms with Crippen molar-refractivity contribution in [3.05, 3.63) is 21.3 Å². The van der Waals surface area contributed by atoms with Gasteiger partial charge in [-0.1, -0.05) is 25.4 Å². The second-order valence-corrected chi connectivity index (χ2v) is 5.68. The summed E-state index contributed by atoms with van der Waals surface area (Å²) in [7, 11) is 0. The molecule has 1 heterocycles. The monoisotopic (exact) mass is 260 g/mol. The Bertz CT molecular complexity index is 295. The average molecular weight is 261 g/mol. The van der Waals surface area contributed by atoms with Gasteiger partial charge < -0.3 is 5.73 Å². The van der Waals surface area contributed by atoms with E-state index in [9.17, 15) is 0 Å². The van der Waals surface area contributed by atoms with Gasteiger partial charge in [0.2, 0.25) is 0 Å². The van der Waals surface area contributed by atoms with Crippen LogP contribution in [0.1, 0.15) is 37.6 Å². The van der Waals surface area contributed by atoms with Gasteiger partial charge in [-0.3, -0.25) is 4.90 Å². The molecular weight excluding hydrogens is 240 g/mol. The first-order chi connectivity index (χ1) is 7.72. The Morgan fingerprint density at radius 3 is 2.31 bits per heavy atom. The lowest BCUT2D eigenvalue weighted by Gasteiger charge is -2.29. The molecule has 0 aliphatic heterocycles. The van der Waals surface area contributed by atoms with Crippen molar-refractivity contribution < 1.29 is 0 Å². The van der Waals surface area contributed by atoms with E-state index in [1.54, 1.807) is 11.3 Å². The van der Waals surface area contributed by atoms with Crippen LogP contribution in [0.25, 0.3) is 0 Å². The van der Waals surface area contributed by atoms with E-state index in [2.05, 4.69) is 24.8 Å². The highest BCUT2D eigenvalue weighted by atomic mass is 35.5. The van der Waals surface area contributed by atoms with Crippen LogP contribution in [0, 0.1) is 0 Å². The molecule has 0 radical (unpaired) electrons. The first-order valence-corrected chi connectivity index (χ1v) is 7.11. The van der Waals surface area contributed by atoms with Crippen LogP contribution in [0.5, 0.6) is 0 Å². The Morgan fingerprint density at radius 1 is 1.31 bits per heavy atom. The lowest BCUT2D eigenvalue weighted by Crippen LogP contribution is -2.34. The highest BCUT2D eigenvalue weighted by Gasteiger charge is 2.19. The fourth-order valence-electron chi connectivity index (χ4n) is 1.95. The third-order valence-corrected chi connectivity index (χ3v) is 3.94. The van der Waals surface area contributed by atoms with E-state index in [4.69, 9.17) is 17.3 Å². The molecule has 1 unspecified atom stereocenters. The van der Waals surface area contributed by atoms with Crippen LogP contribution >= 0.6 is 22.9 Å². The second kappa shape index (κ2) is 7.28. The lowest BCUT2D eigenvalue weighted by atomic mass is 10.2. The molecule has 0 saturated carbocycles. The van der Waals surface area contributed by atoms with Crippen molar-refractivity contribution in [1.82, 2.24) is 4.90 Å². The van der Waals surface area contributed by atoms with Crippen LogP contribution in [-0.2, 0) is 0 Å². The van der Waals surface area contributed by atoms with Crippen LogP contribution in [-0.4, -0.2) is 24.5 Å². The number of hydrogen-bond donors (Lipinski definition) is 1. The molecule has 0 bridgehead atoms. The summed E-state index contributed by atoms with van der Waals surface area (Å²) in [5.74, 6) is 0. The van der Waals surface area contributed by atoms with Gasteiger partial charge in [-0.25, -0.2) is 0 Å². The maximum absolute atomic E-state index is 5.98. The second-order valence-electron chi connectivity index (χ2n) is 3.93. The summed E-state index contributed by atoms with van der Waals surface area (Å²) in [6.07, 6.45) is 2.32. The van der Waals surface area contributed by atoms with Gasteiger partial charge in [0.05, 0.1) is 10.4 Å². The van der Waals surface area contributed by atoms with Crippen molar-refractivity contribution in [3.63, 3.8) is 0 Å². The normalized spacial score (nSPS) is 13.3. The molecule has 92 valence electrons. The molecule has 1 atom stereocenters. The predicted octanol–water partition coefficient (Wildman–Crippen LogP) is 3.52. The summed E-state index contributed by atoms with van der Waals surface area (Å²) in [6.45, 7) is 7.28. The van der Waals surface area contributed by atoms with Crippen molar-refractivity contribution >= 4 is 22.9 Å². The van der Waals surface area contributed by atoms with E-state index in [1.807, 2.05) is 6.07 Å². The summed E-state index contributed by atoms with van der Waals surface area (Å²) in [6, 6.07) is 4.39.